The molecule has 2 aromatic rings. The van der Waals surface area contributed by atoms with Gasteiger partial charge in [-0.15, -0.1) is 0 Å². The molecule has 1 amide bonds. The Morgan fingerprint density at radius 2 is 1.81 bits per heavy atom. The number of aliphatic imine (C=N–C) groups is 1. The van der Waals surface area contributed by atoms with Crippen molar-refractivity contribution in [1.82, 2.24) is 15.5 Å². The van der Waals surface area contributed by atoms with E-state index in [1.54, 1.807) is 19.0 Å². The lowest BCUT2D eigenvalue weighted by Gasteiger charge is -2.13. The average Bonchev–Trinajstić information content (AvgIpc) is 2.65. The molecule has 2 rings (SSSR count). The molecule has 0 aliphatic carbocycles. The molecule has 0 aliphatic heterocycles. The van der Waals surface area contributed by atoms with Crippen LogP contribution in [0, 0.1) is 0 Å². The maximum absolute atomic E-state index is 12.1. The summed E-state index contributed by atoms with van der Waals surface area (Å²) in [5, 5.41) is 7.30. The van der Waals surface area contributed by atoms with Crippen LogP contribution >= 0.6 is 11.6 Å². The number of nitrogens with one attached hydrogen (secondary N) is 2. The van der Waals surface area contributed by atoms with Crippen molar-refractivity contribution >= 4 is 23.5 Å². The number of amides is 1. The smallest absolute Gasteiger partial charge is 0.253 e. The van der Waals surface area contributed by atoms with Gasteiger partial charge in [0.2, 0.25) is 0 Å². The Kier molecular flexibility index (Phi) is 8.14. The van der Waals surface area contributed by atoms with E-state index in [0.29, 0.717) is 17.1 Å². The summed E-state index contributed by atoms with van der Waals surface area (Å²) >= 11 is 6.02. The molecule has 0 unspecified atom stereocenters. The van der Waals surface area contributed by atoms with Crippen molar-refractivity contribution in [2.75, 3.05) is 27.2 Å². The van der Waals surface area contributed by atoms with E-state index in [9.17, 15) is 4.79 Å². The number of halogens is 1. The fourth-order valence-corrected chi connectivity index (χ4v) is 2.80. The lowest BCUT2D eigenvalue weighted by atomic mass is 10.1. The molecule has 27 heavy (non-hydrogen) atoms. The molecule has 2 N–H and O–H groups in total. The fraction of sp³-hybridized carbons (Fsp3) is 0.333. The zero-order chi connectivity index (χ0) is 19.6. The Morgan fingerprint density at radius 3 is 2.52 bits per heavy atom. The minimum atomic E-state index is 0.0150. The van der Waals surface area contributed by atoms with Crippen LogP contribution in [0.15, 0.2) is 53.5 Å². The quantitative estimate of drug-likeness (QED) is 0.566. The summed E-state index contributed by atoms with van der Waals surface area (Å²) in [5.41, 5.74) is 2.88. The van der Waals surface area contributed by atoms with Crippen molar-refractivity contribution in [2.24, 2.45) is 4.99 Å². The summed E-state index contributed by atoms with van der Waals surface area (Å²) in [4.78, 5) is 18.3. The third kappa shape index (κ3) is 6.94. The number of guanidine groups is 1. The standard InChI is InChI=1S/C21H27ClN4O/c1-4-23-21(25-15-17-8-6-10-19(22)14-17)24-12-11-16-7-5-9-18(13-16)20(27)26(2)3/h5-10,13-14H,4,11-12,15H2,1-3H3,(H2,23,24,25). The van der Waals surface area contributed by atoms with Gasteiger partial charge in [-0.2, -0.15) is 0 Å². The summed E-state index contributed by atoms with van der Waals surface area (Å²) in [6.07, 6.45) is 0.802. The van der Waals surface area contributed by atoms with Gasteiger partial charge >= 0.3 is 0 Å². The van der Waals surface area contributed by atoms with Crippen LogP contribution in [-0.2, 0) is 13.0 Å². The van der Waals surface area contributed by atoms with E-state index < -0.39 is 0 Å². The zero-order valence-corrected chi connectivity index (χ0v) is 16.9. The van der Waals surface area contributed by atoms with Gasteiger partial charge in [0, 0.05) is 37.8 Å². The second kappa shape index (κ2) is 10.6. The van der Waals surface area contributed by atoms with E-state index in [-0.39, 0.29) is 5.91 Å². The molecule has 144 valence electrons. The van der Waals surface area contributed by atoms with Crippen molar-refractivity contribution in [3.8, 4) is 0 Å². The topological polar surface area (TPSA) is 56.7 Å². The van der Waals surface area contributed by atoms with Crippen molar-refractivity contribution in [1.29, 1.82) is 0 Å². The first-order valence-corrected chi connectivity index (χ1v) is 9.44. The molecule has 6 heteroatoms. The van der Waals surface area contributed by atoms with Crippen LogP contribution < -0.4 is 10.6 Å². The third-order valence-electron chi connectivity index (χ3n) is 3.94. The molecule has 0 fully saturated rings. The van der Waals surface area contributed by atoms with E-state index in [4.69, 9.17) is 11.6 Å². The van der Waals surface area contributed by atoms with Crippen LogP contribution in [0.25, 0.3) is 0 Å². The minimum absolute atomic E-state index is 0.0150. The highest BCUT2D eigenvalue weighted by molar-refractivity contribution is 6.30. The molecule has 0 saturated heterocycles. The van der Waals surface area contributed by atoms with Crippen LogP contribution in [-0.4, -0.2) is 44.0 Å². The number of carbonyl (C=O) groups excluding carboxylic acids is 1. The Labute approximate surface area is 166 Å². The molecule has 0 bridgehead atoms. The highest BCUT2D eigenvalue weighted by Gasteiger charge is 2.08. The second-order valence-electron chi connectivity index (χ2n) is 6.40. The largest absolute Gasteiger partial charge is 0.357 e. The SMILES string of the molecule is CCNC(=NCc1cccc(Cl)c1)NCCc1cccc(C(=O)N(C)C)c1. The van der Waals surface area contributed by atoms with Gasteiger partial charge in [0.1, 0.15) is 0 Å². The molecule has 2 aromatic carbocycles. The number of nitrogens with zero attached hydrogens (tertiary/aromatic N) is 2. The monoisotopic (exact) mass is 386 g/mol. The third-order valence-corrected chi connectivity index (χ3v) is 4.17. The molecule has 0 radical (unpaired) electrons. The zero-order valence-electron chi connectivity index (χ0n) is 16.1. The summed E-state index contributed by atoms with van der Waals surface area (Å²) < 4.78 is 0. The van der Waals surface area contributed by atoms with Crippen molar-refractivity contribution in [2.45, 2.75) is 19.9 Å². The van der Waals surface area contributed by atoms with E-state index in [0.717, 1.165) is 36.6 Å². The molecule has 0 atom stereocenters. The second-order valence-corrected chi connectivity index (χ2v) is 6.84. The van der Waals surface area contributed by atoms with Crippen molar-refractivity contribution in [3.05, 3.63) is 70.2 Å². The first-order chi connectivity index (χ1) is 13.0. The molecule has 0 spiro atoms. The van der Waals surface area contributed by atoms with Crippen molar-refractivity contribution < 1.29 is 4.79 Å². The van der Waals surface area contributed by atoms with Gasteiger partial charge in [-0.05, 0) is 48.7 Å². The van der Waals surface area contributed by atoms with Gasteiger partial charge in [0.25, 0.3) is 5.91 Å². The summed E-state index contributed by atoms with van der Waals surface area (Å²) in [6, 6.07) is 15.4. The molecule has 0 aliphatic rings. The van der Waals surface area contributed by atoms with E-state index >= 15 is 0 Å². The fourth-order valence-electron chi connectivity index (χ4n) is 2.59. The van der Waals surface area contributed by atoms with Crippen LogP contribution in [0.1, 0.15) is 28.4 Å². The van der Waals surface area contributed by atoms with Gasteiger partial charge in [0.15, 0.2) is 5.96 Å². The number of hydrogen-bond donors (Lipinski definition) is 2. The predicted molar refractivity (Wildman–Crippen MR) is 112 cm³/mol. The highest BCUT2D eigenvalue weighted by Crippen LogP contribution is 2.11. The Morgan fingerprint density at radius 1 is 1.07 bits per heavy atom. The van der Waals surface area contributed by atoms with Crippen LogP contribution in [0.2, 0.25) is 5.02 Å². The maximum atomic E-state index is 12.1. The van der Waals surface area contributed by atoms with Crippen molar-refractivity contribution in [3.63, 3.8) is 0 Å². The van der Waals surface area contributed by atoms with Gasteiger partial charge in [-0.3, -0.25) is 4.79 Å². The van der Waals surface area contributed by atoms with Gasteiger partial charge in [-0.25, -0.2) is 4.99 Å². The molecule has 0 aromatic heterocycles. The van der Waals surface area contributed by atoms with Crippen LogP contribution in [0.4, 0.5) is 0 Å². The molecule has 5 nitrogen and oxygen atoms in total. The number of rotatable bonds is 7. The Bertz CT molecular complexity index is 789. The van der Waals surface area contributed by atoms with E-state index in [1.807, 2.05) is 55.5 Å². The highest BCUT2D eigenvalue weighted by atomic mass is 35.5. The van der Waals surface area contributed by atoms with Crippen LogP contribution in [0.3, 0.4) is 0 Å². The van der Waals surface area contributed by atoms with Gasteiger partial charge in [0.05, 0.1) is 6.54 Å². The molecule has 0 saturated carbocycles. The first-order valence-electron chi connectivity index (χ1n) is 9.07. The minimum Gasteiger partial charge on any atom is -0.357 e. The summed E-state index contributed by atoms with van der Waals surface area (Å²) in [7, 11) is 3.52. The first kappa shape index (κ1) is 20.8. The summed E-state index contributed by atoms with van der Waals surface area (Å²) in [6.45, 7) is 4.10. The lowest BCUT2D eigenvalue weighted by molar-refractivity contribution is 0.0827. The van der Waals surface area contributed by atoms with Gasteiger partial charge < -0.3 is 15.5 Å². The Balaban J connectivity index is 1.93. The van der Waals surface area contributed by atoms with Crippen LogP contribution in [0.5, 0.6) is 0 Å². The number of hydrogen-bond acceptors (Lipinski definition) is 2. The van der Waals surface area contributed by atoms with Gasteiger partial charge in [-0.1, -0.05) is 35.9 Å². The number of carbonyl (C=O) groups is 1. The summed E-state index contributed by atoms with van der Waals surface area (Å²) in [5.74, 6) is 0.777. The van der Waals surface area contributed by atoms with E-state index in [2.05, 4.69) is 15.6 Å². The Hall–Kier alpha value is -2.53. The average molecular weight is 387 g/mol. The molecular formula is C21H27ClN4O. The maximum Gasteiger partial charge on any atom is 0.253 e. The number of benzene rings is 2. The van der Waals surface area contributed by atoms with E-state index in [1.165, 1.54) is 0 Å². The molecule has 0 heterocycles. The predicted octanol–water partition coefficient (Wildman–Crippen LogP) is 3.34. The lowest BCUT2D eigenvalue weighted by Crippen LogP contribution is -2.38. The molecular weight excluding hydrogens is 360 g/mol. The normalized spacial score (nSPS) is 11.2.